The molecular formula is C32H39NO8. The Bertz CT molecular complexity index is 1340. The van der Waals surface area contributed by atoms with Gasteiger partial charge in [-0.1, -0.05) is 6.07 Å². The van der Waals surface area contributed by atoms with Crippen molar-refractivity contribution in [3.05, 3.63) is 71.3 Å². The van der Waals surface area contributed by atoms with Crippen molar-refractivity contribution in [3.63, 3.8) is 0 Å². The maximum Gasteiger partial charge on any atom is 0.347 e. The number of hydrogen-bond acceptors (Lipinski definition) is 8. The average molecular weight is 566 g/mol. The number of carboxylic acids is 1. The topological polar surface area (TPSA) is 95.9 Å². The SMILES string of the molecule is COc1ccc(C2c3cc(OC)c(OC)cc3CCN2CCCOc2ccc(OC(C)(C)C(=O)O)cc2)cc1OC. The summed E-state index contributed by atoms with van der Waals surface area (Å²) in [7, 11) is 6.58. The van der Waals surface area contributed by atoms with Gasteiger partial charge in [-0.2, -0.15) is 0 Å². The van der Waals surface area contributed by atoms with Crippen molar-refractivity contribution in [1.82, 2.24) is 4.90 Å². The highest BCUT2D eigenvalue weighted by molar-refractivity contribution is 5.76. The lowest BCUT2D eigenvalue weighted by molar-refractivity contribution is -0.152. The summed E-state index contributed by atoms with van der Waals surface area (Å²) in [6, 6.07) is 17.2. The van der Waals surface area contributed by atoms with Crippen molar-refractivity contribution in [1.29, 1.82) is 0 Å². The highest BCUT2D eigenvalue weighted by atomic mass is 16.5. The van der Waals surface area contributed by atoms with E-state index in [0.717, 1.165) is 37.2 Å². The first-order chi connectivity index (χ1) is 19.7. The number of hydrogen-bond donors (Lipinski definition) is 1. The van der Waals surface area contributed by atoms with Crippen LogP contribution in [-0.4, -0.2) is 69.7 Å². The van der Waals surface area contributed by atoms with Crippen LogP contribution < -0.4 is 28.4 Å². The molecule has 0 amide bonds. The summed E-state index contributed by atoms with van der Waals surface area (Å²) in [5.74, 6) is 2.93. The fraction of sp³-hybridized carbons (Fsp3) is 0.406. The van der Waals surface area contributed by atoms with E-state index in [1.165, 1.54) is 25.0 Å². The van der Waals surface area contributed by atoms with Crippen molar-refractivity contribution in [2.75, 3.05) is 48.1 Å². The molecule has 1 aliphatic heterocycles. The van der Waals surface area contributed by atoms with Crippen LogP contribution in [0.1, 0.15) is 43.0 Å². The van der Waals surface area contributed by atoms with Crippen LogP contribution in [0.5, 0.6) is 34.5 Å². The molecule has 0 bridgehead atoms. The molecule has 4 rings (SSSR count). The second kappa shape index (κ2) is 13.0. The molecule has 1 heterocycles. The van der Waals surface area contributed by atoms with Gasteiger partial charge < -0.3 is 33.5 Å². The molecule has 0 radical (unpaired) electrons. The van der Waals surface area contributed by atoms with Gasteiger partial charge in [-0.3, -0.25) is 4.90 Å². The molecule has 0 fully saturated rings. The van der Waals surface area contributed by atoms with Gasteiger partial charge in [-0.15, -0.1) is 0 Å². The normalized spacial score (nSPS) is 15.0. The van der Waals surface area contributed by atoms with E-state index in [2.05, 4.69) is 23.1 Å². The van der Waals surface area contributed by atoms with Crippen molar-refractivity contribution in [3.8, 4) is 34.5 Å². The third kappa shape index (κ3) is 6.79. The van der Waals surface area contributed by atoms with Crippen molar-refractivity contribution in [2.45, 2.75) is 38.3 Å². The molecule has 0 saturated carbocycles. The molecule has 3 aromatic rings. The predicted octanol–water partition coefficient (Wildman–Crippen LogP) is 5.38. The number of carbonyl (C=O) groups is 1. The molecule has 41 heavy (non-hydrogen) atoms. The van der Waals surface area contributed by atoms with E-state index >= 15 is 0 Å². The summed E-state index contributed by atoms with van der Waals surface area (Å²) in [4.78, 5) is 13.8. The molecule has 220 valence electrons. The molecule has 1 atom stereocenters. The Morgan fingerprint density at radius 3 is 2.10 bits per heavy atom. The van der Waals surface area contributed by atoms with E-state index < -0.39 is 11.6 Å². The van der Waals surface area contributed by atoms with Gasteiger partial charge in [0.05, 0.1) is 41.1 Å². The summed E-state index contributed by atoms with van der Waals surface area (Å²) in [5.41, 5.74) is 2.18. The van der Waals surface area contributed by atoms with Crippen molar-refractivity contribution < 1.29 is 38.3 Å². The molecule has 1 aliphatic rings. The first kappa shape index (κ1) is 29.9. The third-order valence-electron chi connectivity index (χ3n) is 7.27. The minimum Gasteiger partial charge on any atom is -0.494 e. The number of fused-ring (bicyclic) bond motifs is 1. The fourth-order valence-corrected chi connectivity index (χ4v) is 5.05. The molecule has 9 heteroatoms. The van der Waals surface area contributed by atoms with Gasteiger partial charge in [-0.05, 0) is 91.9 Å². The third-order valence-corrected chi connectivity index (χ3v) is 7.27. The number of ether oxygens (including phenoxy) is 6. The van der Waals surface area contributed by atoms with Crippen LogP contribution in [0, 0.1) is 0 Å². The van der Waals surface area contributed by atoms with Crippen LogP contribution in [0.4, 0.5) is 0 Å². The van der Waals surface area contributed by atoms with E-state index in [4.69, 9.17) is 28.4 Å². The van der Waals surface area contributed by atoms with Gasteiger partial charge in [0, 0.05) is 13.1 Å². The number of benzene rings is 3. The second-order valence-corrected chi connectivity index (χ2v) is 10.3. The van der Waals surface area contributed by atoms with Crippen molar-refractivity contribution in [2.24, 2.45) is 0 Å². The molecule has 0 saturated heterocycles. The smallest absolute Gasteiger partial charge is 0.347 e. The van der Waals surface area contributed by atoms with Gasteiger partial charge in [0.2, 0.25) is 0 Å². The zero-order valence-electron chi connectivity index (χ0n) is 24.6. The van der Waals surface area contributed by atoms with Gasteiger partial charge in [-0.25, -0.2) is 4.79 Å². The quantitative estimate of drug-likeness (QED) is 0.274. The molecular weight excluding hydrogens is 526 g/mol. The number of carboxylic acid groups (broad SMARTS) is 1. The van der Waals surface area contributed by atoms with Crippen molar-refractivity contribution >= 4 is 5.97 Å². The summed E-state index contributed by atoms with van der Waals surface area (Å²) < 4.78 is 33.9. The largest absolute Gasteiger partial charge is 0.494 e. The summed E-state index contributed by atoms with van der Waals surface area (Å²) in [6.07, 6.45) is 1.69. The number of aliphatic carboxylic acids is 1. The highest BCUT2D eigenvalue weighted by Gasteiger charge is 2.31. The van der Waals surface area contributed by atoms with Gasteiger partial charge >= 0.3 is 5.97 Å². The molecule has 3 aromatic carbocycles. The lowest BCUT2D eigenvalue weighted by Crippen LogP contribution is -2.37. The Morgan fingerprint density at radius 1 is 0.854 bits per heavy atom. The highest BCUT2D eigenvalue weighted by Crippen LogP contribution is 2.42. The predicted molar refractivity (Wildman–Crippen MR) is 155 cm³/mol. The summed E-state index contributed by atoms with van der Waals surface area (Å²) in [6.45, 7) is 5.23. The first-order valence-electron chi connectivity index (χ1n) is 13.6. The standard InChI is InChI=1S/C32H39NO8/c1-32(2,31(34)35)41-24-11-9-23(10-12-24)40-17-7-15-33-16-14-21-18-28(38-5)29(39-6)20-25(21)30(33)22-8-13-26(36-3)27(19-22)37-4/h8-13,18-20,30H,7,14-17H2,1-6H3,(H,34,35). The van der Waals surface area contributed by atoms with Crippen LogP contribution in [-0.2, 0) is 11.2 Å². The van der Waals surface area contributed by atoms with Crippen LogP contribution >= 0.6 is 0 Å². The molecule has 0 aliphatic carbocycles. The van der Waals surface area contributed by atoms with E-state index in [0.29, 0.717) is 35.4 Å². The van der Waals surface area contributed by atoms with E-state index in [1.807, 2.05) is 12.1 Å². The van der Waals surface area contributed by atoms with E-state index in [-0.39, 0.29) is 6.04 Å². The van der Waals surface area contributed by atoms with Gasteiger partial charge in [0.15, 0.2) is 28.6 Å². The Labute approximate surface area is 241 Å². The van der Waals surface area contributed by atoms with Crippen LogP contribution in [0.3, 0.4) is 0 Å². The molecule has 9 nitrogen and oxygen atoms in total. The van der Waals surface area contributed by atoms with Crippen LogP contribution in [0.2, 0.25) is 0 Å². The van der Waals surface area contributed by atoms with Gasteiger partial charge in [0.1, 0.15) is 11.5 Å². The Morgan fingerprint density at radius 2 is 1.46 bits per heavy atom. The molecule has 1 unspecified atom stereocenters. The summed E-state index contributed by atoms with van der Waals surface area (Å²) >= 11 is 0. The monoisotopic (exact) mass is 565 g/mol. The minimum absolute atomic E-state index is 0.0209. The maximum absolute atomic E-state index is 11.3. The van der Waals surface area contributed by atoms with Crippen LogP contribution in [0.25, 0.3) is 0 Å². The molecule has 1 N–H and O–H groups in total. The summed E-state index contributed by atoms with van der Waals surface area (Å²) in [5, 5.41) is 9.28. The maximum atomic E-state index is 11.3. The zero-order valence-corrected chi connectivity index (χ0v) is 24.6. The zero-order chi connectivity index (χ0) is 29.6. The Kier molecular flexibility index (Phi) is 9.50. The van der Waals surface area contributed by atoms with E-state index in [1.54, 1.807) is 52.7 Å². The molecule has 0 spiro atoms. The number of nitrogens with zero attached hydrogens (tertiary/aromatic N) is 1. The molecule has 0 aromatic heterocycles. The lowest BCUT2D eigenvalue weighted by Gasteiger charge is -2.38. The lowest BCUT2D eigenvalue weighted by atomic mass is 9.87. The number of methoxy groups -OCH3 is 4. The second-order valence-electron chi connectivity index (χ2n) is 10.3. The van der Waals surface area contributed by atoms with E-state index in [9.17, 15) is 9.90 Å². The van der Waals surface area contributed by atoms with Crippen LogP contribution in [0.15, 0.2) is 54.6 Å². The van der Waals surface area contributed by atoms with Gasteiger partial charge in [0.25, 0.3) is 0 Å². The first-order valence-corrected chi connectivity index (χ1v) is 13.6. The Hall–Kier alpha value is -4.11. The number of rotatable bonds is 13. The average Bonchev–Trinajstić information content (AvgIpc) is 2.98. The fourth-order valence-electron chi connectivity index (χ4n) is 5.05. The Balaban J connectivity index is 1.49. The minimum atomic E-state index is -1.31.